The number of nitrogens with zero attached hydrogens (tertiary/aromatic N) is 1. The van der Waals surface area contributed by atoms with E-state index in [1.807, 2.05) is 0 Å². The first-order chi connectivity index (χ1) is 8.97. The molecule has 1 aromatic carbocycles. The maximum atomic E-state index is 11.9. The normalized spacial score (nSPS) is 17.3. The van der Waals surface area contributed by atoms with Crippen LogP contribution in [0.15, 0.2) is 29.2 Å². The molecule has 2 rings (SSSR count). The molecule has 0 saturated carbocycles. The Labute approximate surface area is 112 Å². The van der Waals surface area contributed by atoms with E-state index >= 15 is 0 Å². The van der Waals surface area contributed by atoms with E-state index in [1.165, 1.54) is 18.2 Å². The first kappa shape index (κ1) is 13.2. The van der Waals surface area contributed by atoms with Crippen LogP contribution in [0.25, 0.3) is 6.08 Å². The highest BCUT2D eigenvalue weighted by Crippen LogP contribution is 2.32. The molecule has 1 heterocycles. The van der Waals surface area contributed by atoms with Crippen molar-refractivity contribution >= 4 is 34.9 Å². The minimum absolute atomic E-state index is 0.0603. The van der Waals surface area contributed by atoms with Crippen molar-refractivity contribution in [3.63, 3.8) is 0 Å². The minimum Gasteiger partial charge on any atom is -0.508 e. The third-order valence-electron chi connectivity index (χ3n) is 2.36. The van der Waals surface area contributed by atoms with Crippen LogP contribution in [0.1, 0.15) is 5.56 Å². The Morgan fingerprint density at radius 3 is 2.79 bits per heavy atom. The molecule has 19 heavy (non-hydrogen) atoms. The van der Waals surface area contributed by atoms with Crippen LogP contribution in [-0.4, -0.2) is 33.6 Å². The van der Waals surface area contributed by atoms with Gasteiger partial charge in [-0.3, -0.25) is 19.3 Å². The molecule has 1 aliphatic heterocycles. The predicted molar refractivity (Wildman–Crippen MR) is 70.0 cm³/mol. The number of imide groups is 1. The number of benzene rings is 1. The Morgan fingerprint density at radius 1 is 1.42 bits per heavy atom. The van der Waals surface area contributed by atoms with Gasteiger partial charge < -0.3 is 10.8 Å². The SMILES string of the molecule is NC(=O)CN1C(=O)S/C(=C\c2cccc(O)c2)C1=O. The van der Waals surface area contributed by atoms with Crippen LogP contribution in [0, 0.1) is 0 Å². The number of amides is 3. The summed E-state index contributed by atoms with van der Waals surface area (Å²) in [5.41, 5.74) is 5.56. The van der Waals surface area contributed by atoms with Crippen molar-refractivity contribution in [3.05, 3.63) is 34.7 Å². The number of phenolic OH excluding ortho intramolecular Hbond substituents is 1. The summed E-state index contributed by atoms with van der Waals surface area (Å²) >= 11 is 0.734. The highest BCUT2D eigenvalue weighted by Gasteiger charge is 2.35. The van der Waals surface area contributed by atoms with Crippen molar-refractivity contribution < 1.29 is 19.5 Å². The number of aromatic hydroxyl groups is 1. The Morgan fingerprint density at radius 2 is 2.16 bits per heavy atom. The molecular formula is C12H10N2O4S. The van der Waals surface area contributed by atoms with Gasteiger partial charge in [-0.15, -0.1) is 0 Å². The predicted octanol–water partition coefficient (Wildman–Crippen LogP) is 0.914. The van der Waals surface area contributed by atoms with Crippen LogP contribution in [0.5, 0.6) is 5.75 Å². The zero-order valence-corrected chi connectivity index (χ0v) is 10.5. The molecule has 1 aliphatic rings. The quantitative estimate of drug-likeness (QED) is 0.800. The van der Waals surface area contributed by atoms with Crippen LogP contribution >= 0.6 is 11.8 Å². The molecule has 6 nitrogen and oxygen atoms in total. The molecule has 3 N–H and O–H groups in total. The van der Waals surface area contributed by atoms with E-state index in [2.05, 4.69) is 0 Å². The van der Waals surface area contributed by atoms with Gasteiger partial charge in [-0.1, -0.05) is 12.1 Å². The second kappa shape index (κ2) is 5.15. The van der Waals surface area contributed by atoms with E-state index in [0.717, 1.165) is 16.7 Å². The highest BCUT2D eigenvalue weighted by molar-refractivity contribution is 8.18. The lowest BCUT2D eigenvalue weighted by Crippen LogP contribution is -2.36. The van der Waals surface area contributed by atoms with Crippen LogP contribution < -0.4 is 5.73 Å². The average Bonchev–Trinajstić information content (AvgIpc) is 2.57. The van der Waals surface area contributed by atoms with Gasteiger partial charge in [0, 0.05) is 0 Å². The molecule has 1 aromatic rings. The fraction of sp³-hybridized carbons (Fsp3) is 0.0833. The lowest BCUT2D eigenvalue weighted by atomic mass is 10.2. The van der Waals surface area contributed by atoms with Gasteiger partial charge >= 0.3 is 0 Å². The van der Waals surface area contributed by atoms with Gasteiger partial charge in [-0.05, 0) is 35.5 Å². The van der Waals surface area contributed by atoms with Crippen LogP contribution in [0.3, 0.4) is 0 Å². The molecule has 0 aliphatic carbocycles. The average molecular weight is 278 g/mol. The number of phenols is 1. The number of hydrogen-bond acceptors (Lipinski definition) is 5. The summed E-state index contributed by atoms with van der Waals surface area (Å²) in [5.74, 6) is -1.25. The smallest absolute Gasteiger partial charge is 0.294 e. The second-order valence-electron chi connectivity index (χ2n) is 3.83. The van der Waals surface area contributed by atoms with Crippen molar-refractivity contribution in [2.24, 2.45) is 5.73 Å². The first-order valence-electron chi connectivity index (χ1n) is 5.30. The Kier molecular flexibility index (Phi) is 3.57. The maximum Gasteiger partial charge on any atom is 0.294 e. The van der Waals surface area contributed by atoms with Crippen LogP contribution in [0.2, 0.25) is 0 Å². The van der Waals surface area contributed by atoms with Crippen molar-refractivity contribution in [3.8, 4) is 5.75 Å². The molecule has 0 unspecified atom stereocenters. The van der Waals surface area contributed by atoms with Gasteiger partial charge in [0.05, 0.1) is 4.91 Å². The fourth-order valence-electron chi connectivity index (χ4n) is 1.56. The zero-order valence-electron chi connectivity index (χ0n) is 9.70. The Bertz CT molecular complexity index is 597. The molecule has 1 fully saturated rings. The van der Waals surface area contributed by atoms with Crippen molar-refractivity contribution in [1.82, 2.24) is 4.90 Å². The van der Waals surface area contributed by atoms with Gasteiger partial charge in [0.2, 0.25) is 5.91 Å². The molecular weight excluding hydrogens is 268 g/mol. The monoisotopic (exact) mass is 278 g/mol. The van der Waals surface area contributed by atoms with E-state index in [9.17, 15) is 19.5 Å². The maximum absolute atomic E-state index is 11.9. The number of hydrogen-bond donors (Lipinski definition) is 2. The lowest BCUT2D eigenvalue weighted by molar-refractivity contribution is -0.127. The summed E-state index contributed by atoms with van der Waals surface area (Å²) in [6.45, 7) is -0.429. The van der Waals surface area contributed by atoms with Gasteiger partial charge in [-0.25, -0.2) is 0 Å². The Hall–Kier alpha value is -2.28. The molecule has 3 amide bonds. The summed E-state index contributed by atoms with van der Waals surface area (Å²) in [4.78, 5) is 35.2. The minimum atomic E-state index is -0.749. The van der Waals surface area contributed by atoms with Crippen LogP contribution in [-0.2, 0) is 9.59 Å². The summed E-state index contributed by atoms with van der Waals surface area (Å²) in [6, 6.07) is 6.26. The molecule has 0 aromatic heterocycles. The number of rotatable bonds is 3. The molecule has 1 saturated heterocycles. The lowest BCUT2D eigenvalue weighted by Gasteiger charge is -2.08. The van der Waals surface area contributed by atoms with E-state index in [-0.39, 0.29) is 10.7 Å². The first-order valence-corrected chi connectivity index (χ1v) is 6.12. The summed E-state index contributed by atoms with van der Waals surface area (Å²) in [5, 5.41) is 8.78. The van der Waals surface area contributed by atoms with Gasteiger partial charge in [-0.2, -0.15) is 0 Å². The largest absolute Gasteiger partial charge is 0.508 e. The second-order valence-corrected chi connectivity index (χ2v) is 4.82. The summed E-state index contributed by atoms with van der Waals surface area (Å²) in [6.07, 6.45) is 1.48. The van der Waals surface area contributed by atoms with Crippen LogP contribution in [0.4, 0.5) is 4.79 Å². The van der Waals surface area contributed by atoms with E-state index in [4.69, 9.17) is 5.73 Å². The topological polar surface area (TPSA) is 101 Å². The van der Waals surface area contributed by atoms with Gasteiger partial charge in [0.25, 0.3) is 11.1 Å². The fourth-order valence-corrected chi connectivity index (χ4v) is 2.40. The van der Waals surface area contributed by atoms with E-state index < -0.39 is 23.6 Å². The van der Waals surface area contributed by atoms with E-state index in [1.54, 1.807) is 12.1 Å². The highest BCUT2D eigenvalue weighted by atomic mass is 32.2. The number of thioether (sulfide) groups is 1. The Balaban J connectivity index is 2.25. The van der Waals surface area contributed by atoms with Crippen molar-refractivity contribution in [2.75, 3.05) is 6.54 Å². The molecule has 7 heteroatoms. The summed E-state index contributed by atoms with van der Waals surface area (Å²) < 4.78 is 0. The van der Waals surface area contributed by atoms with Crippen molar-refractivity contribution in [2.45, 2.75) is 0 Å². The molecule has 0 bridgehead atoms. The third kappa shape index (κ3) is 2.94. The molecule has 0 radical (unpaired) electrons. The third-order valence-corrected chi connectivity index (χ3v) is 3.26. The number of carbonyl (C=O) groups excluding carboxylic acids is 3. The standard InChI is InChI=1S/C12H10N2O4S/c13-10(16)6-14-11(17)9(19-12(14)18)5-7-2-1-3-8(15)4-7/h1-5,15H,6H2,(H2,13,16)/b9-5-. The number of primary amides is 1. The zero-order chi connectivity index (χ0) is 14.0. The number of nitrogens with two attached hydrogens (primary N) is 1. The molecule has 0 spiro atoms. The van der Waals surface area contributed by atoms with Gasteiger partial charge in [0.15, 0.2) is 0 Å². The number of carbonyl (C=O) groups is 3. The molecule has 98 valence electrons. The van der Waals surface area contributed by atoms with Crippen molar-refractivity contribution in [1.29, 1.82) is 0 Å². The van der Waals surface area contributed by atoms with Gasteiger partial charge in [0.1, 0.15) is 12.3 Å². The summed E-state index contributed by atoms with van der Waals surface area (Å²) in [7, 11) is 0. The van der Waals surface area contributed by atoms with E-state index in [0.29, 0.717) is 5.56 Å². The molecule has 0 atom stereocenters.